The van der Waals surface area contributed by atoms with Crippen LogP contribution < -0.4 is 17.1 Å². The Morgan fingerprint density at radius 3 is 2.60 bits per heavy atom. The summed E-state index contributed by atoms with van der Waals surface area (Å²) in [6.07, 6.45) is 0. The van der Waals surface area contributed by atoms with Crippen LogP contribution in [0.4, 0.5) is 11.5 Å². The molecule has 0 atom stereocenters. The van der Waals surface area contributed by atoms with E-state index in [1.807, 2.05) is 7.85 Å². The van der Waals surface area contributed by atoms with Crippen LogP contribution in [0.2, 0.25) is 0 Å². The van der Waals surface area contributed by atoms with Crippen molar-refractivity contribution in [2.75, 3.05) is 11.5 Å². The molecular weight excluding hydrogens is 193 g/mol. The van der Waals surface area contributed by atoms with E-state index in [1.165, 1.54) is 0 Å². The number of pyridine rings is 1. The van der Waals surface area contributed by atoms with Gasteiger partial charge in [0.2, 0.25) is 0 Å². The zero-order chi connectivity index (χ0) is 7.72. The zero-order valence-corrected chi connectivity index (χ0v) is 7.14. The van der Waals surface area contributed by atoms with Crippen molar-refractivity contribution in [2.45, 2.75) is 0 Å². The van der Waals surface area contributed by atoms with Crippen LogP contribution in [0.1, 0.15) is 0 Å². The smallest absolute Gasteiger partial charge is 0.165 e. The Hall–Kier alpha value is -0.705. The van der Waals surface area contributed by atoms with Gasteiger partial charge in [-0.15, -0.1) is 0 Å². The fraction of sp³-hybridized carbons (Fsp3) is 0. The Bertz CT molecular complexity index is 213. The second-order valence-corrected chi connectivity index (χ2v) is 2.88. The van der Waals surface area contributed by atoms with E-state index in [4.69, 9.17) is 11.5 Å². The average molecular weight is 200 g/mol. The SMILES string of the molecule is Bc1nc(N)c(N)cc1Br. The summed E-state index contributed by atoms with van der Waals surface area (Å²) < 4.78 is 0.888. The van der Waals surface area contributed by atoms with Crippen LogP contribution in [0.5, 0.6) is 0 Å². The molecule has 0 aromatic carbocycles. The minimum atomic E-state index is 0.390. The van der Waals surface area contributed by atoms with Crippen LogP contribution in [0.15, 0.2) is 10.5 Å². The van der Waals surface area contributed by atoms with E-state index in [9.17, 15) is 0 Å². The molecule has 3 nitrogen and oxygen atoms in total. The molecule has 4 N–H and O–H groups in total. The van der Waals surface area contributed by atoms with Crippen LogP contribution in [-0.4, -0.2) is 12.8 Å². The molecule has 0 aliphatic carbocycles. The van der Waals surface area contributed by atoms with Crippen molar-refractivity contribution in [3.8, 4) is 0 Å². The van der Waals surface area contributed by atoms with Gasteiger partial charge in [0.15, 0.2) is 7.85 Å². The lowest BCUT2D eigenvalue weighted by Crippen LogP contribution is -2.13. The fourth-order valence-corrected chi connectivity index (χ4v) is 0.949. The van der Waals surface area contributed by atoms with Crippen molar-refractivity contribution >= 4 is 40.9 Å². The highest BCUT2D eigenvalue weighted by Crippen LogP contribution is 2.14. The van der Waals surface area contributed by atoms with Gasteiger partial charge in [0.05, 0.1) is 5.69 Å². The van der Waals surface area contributed by atoms with Crippen LogP contribution >= 0.6 is 15.9 Å². The normalized spacial score (nSPS) is 9.70. The van der Waals surface area contributed by atoms with Gasteiger partial charge in [-0.05, 0) is 22.0 Å². The van der Waals surface area contributed by atoms with Crippen molar-refractivity contribution in [2.24, 2.45) is 0 Å². The quantitative estimate of drug-likeness (QED) is 0.542. The Labute approximate surface area is 68.4 Å². The first kappa shape index (κ1) is 7.40. The third kappa shape index (κ3) is 1.24. The van der Waals surface area contributed by atoms with E-state index in [1.54, 1.807) is 6.07 Å². The molecule has 0 unspecified atom stereocenters. The van der Waals surface area contributed by atoms with Crippen molar-refractivity contribution in [1.29, 1.82) is 0 Å². The van der Waals surface area contributed by atoms with Gasteiger partial charge in [0, 0.05) is 10.1 Å². The van der Waals surface area contributed by atoms with Crippen molar-refractivity contribution in [1.82, 2.24) is 4.98 Å². The number of nitrogens with zero attached hydrogens (tertiary/aromatic N) is 1. The molecule has 10 heavy (non-hydrogen) atoms. The standard InChI is InChI=1S/C5H7BBrN3/c6-4-2(7)1-3(8)5(9)10-4/h1H,6,8H2,(H2,9,10). The van der Waals surface area contributed by atoms with E-state index >= 15 is 0 Å². The van der Waals surface area contributed by atoms with E-state index in [0.29, 0.717) is 11.5 Å². The summed E-state index contributed by atoms with van der Waals surface area (Å²) in [5.74, 6) is 0.390. The third-order valence-electron chi connectivity index (χ3n) is 1.21. The molecule has 0 fully saturated rings. The molecule has 5 heteroatoms. The number of nitrogens with two attached hydrogens (primary N) is 2. The lowest BCUT2D eigenvalue weighted by molar-refractivity contribution is 1.38. The molecule has 0 spiro atoms. The Morgan fingerprint density at radius 2 is 2.10 bits per heavy atom. The molecule has 0 bridgehead atoms. The Balaban J connectivity index is 3.28. The predicted molar refractivity (Wildman–Crippen MR) is 48.9 cm³/mol. The summed E-state index contributed by atoms with van der Waals surface area (Å²) in [5.41, 5.74) is 12.3. The maximum atomic E-state index is 5.47. The Morgan fingerprint density at radius 1 is 1.50 bits per heavy atom. The first-order chi connectivity index (χ1) is 4.61. The highest BCUT2D eigenvalue weighted by Gasteiger charge is 1.99. The van der Waals surface area contributed by atoms with Crippen LogP contribution in [0.3, 0.4) is 0 Å². The van der Waals surface area contributed by atoms with Crippen molar-refractivity contribution in [3.63, 3.8) is 0 Å². The van der Waals surface area contributed by atoms with Gasteiger partial charge in [-0.2, -0.15) is 0 Å². The first-order valence-electron chi connectivity index (χ1n) is 2.79. The number of anilines is 2. The lowest BCUT2D eigenvalue weighted by atomic mass is 10.0. The molecule has 0 radical (unpaired) electrons. The molecule has 0 aliphatic rings. The third-order valence-corrected chi connectivity index (χ3v) is 2.01. The van der Waals surface area contributed by atoms with E-state index in [2.05, 4.69) is 20.9 Å². The number of aromatic nitrogens is 1. The first-order valence-corrected chi connectivity index (χ1v) is 3.58. The monoisotopic (exact) mass is 199 g/mol. The number of hydrogen-bond donors (Lipinski definition) is 2. The summed E-state index contributed by atoms with van der Waals surface area (Å²) in [6.45, 7) is 0. The molecule has 1 heterocycles. The highest BCUT2D eigenvalue weighted by atomic mass is 79.9. The molecule has 1 aromatic rings. The van der Waals surface area contributed by atoms with E-state index in [0.717, 1.165) is 10.1 Å². The van der Waals surface area contributed by atoms with Gasteiger partial charge in [-0.3, -0.25) is 0 Å². The molecule has 1 aromatic heterocycles. The second-order valence-electron chi connectivity index (χ2n) is 2.03. The zero-order valence-electron chi connectivity index (χ0n) is 5.56. The average Bonchev–Trinajstić information content (AvgIpc) is 1.84. The summed E-state index contributed by atoms with van der Waals surface area (Å²) >= 11 is 3.28. The van der Waals surface area contributed by atoms with E-state index in [-0.39, 0.29) is 0 Å². The topological polar surface area (TPSA) is 64.9 Å². The minimum absolute atomic E-state index is 0.390. The summed E-state index contributed by atoms with van der Waals surface area (Å²) in [6, 6.07) is 1.75. The number of halogens is 1. The van der Waals surface area contributed by atoms with Gasteiger partial charge >= 0.3 is 0 Å². The van der Waals surface area contributed by atoms with Gasteiger partial charge < -0.3 is 11.5 Å². The minimum Gasteiger partial charge on any atom is -0.396 e. The molecule has 52 valence electrons. The highest BCUT2D eigenvalue weighted by molar-refractivity contribution is 9.10. The van der Waals surface area contributed by atoms with Crippen LogP contribution in [0, 0.1) is 0 Å². The van der Waals surface area contributed by atoms with Gasteiger partial charge in [0.1, 0.15) is 5.82 Å². The summed E-state index contributed by atoms with van der Waals surface area (Å²) in [7, 11) is 1.86. The number of rotatable bonds is 0. The summed E-state index contributed by atoms with van der Waals surface area (Å²) in [5, 5.41) is 0. The molecule has 0 aliphatic heterocycles. The maximum Gasteiger partial charge on any atom is 0.165 e. The van der Waals surface area contributed by atoms with Gasteiger partial charge in [-0.25, -0.2) is 4.98 Å². The Kier molecular flexibility index (Phi) is 1.85. The van der Waals surface area contributed by atoms with Crippen LogP contribution in [0.25, 0.3) is 0 Å². The second kappa shape index (κ2) is 2.50. The summed E-state index contributed by atoms with van der Waals surface area (Å²) in [4.78, 5) is 3.98. The van der Waals surface area contributed by atoms with Crippen molar-refractivity contribution in [3.05, 3.63) is 10.5 Å². The number of nitrogen functional groups attached to an aromatic ring is 2. The fourth-order valence-electron chi connectivity index (χ4n) is 0.614. The molecule has 1 rings (SSSR count). The molecule has 0 saturated heterocycles. The molecule has 0 saturated carbocycles. The number of hydrogen-bond acceptors (Lipinski definition) is 3. The largest absolute Gasteiger partial charge is 0.396 e. The predicted octanol–water partition coefficient (Wildman–Crippen LogP) is -0.733. The van der Waals surface area contributed by atoms with E-state index < -0.39 is 0 Å². The van der Waals surface area contributed by atoms with Gasteiger partial charge in [0.25, 0.3) is 0 Å². The lowest BCUT2D eigenvalue weighted by Gasteiger charge is -2.01. The molecule has 0 amide bonds. The maximum absolute atomic E-state index is 5.47. The van der Waals surface area contributed by atoms with Crippen LogP contribution in [-0.2, 0) is 0 Å². The van der Waals surface area contributed by atoms with Gasteiger partial charge in [-0.1, -0.05) is 0 Å². The molecular formula is C5H7BBrN3. The van der Waals surface area contributed by atoms with Crippen molar-refractivity contribution < 1.29 is 0 Å².